The van der Waals surface area contributed by atoms with Crippen LogP contribution in [0.2, 0.25) is 0 Å². The third-order valence-electron chi connectivity index (χ3n) is 3.88. The van der Waals surface area contributed by atoms with Crippen LogP contribution in [-0.4, -0.2) is 41.3 Å². The number of hydrogen-bond acceptors (Lipinski definition) is 4. The lowest BCUT2D eigenvalue weighted by atomic mass is 9.93. The summed E-state index contributed by atoms with van der Waals surface area (Å²) in [6, 6.07) is 0. The Balaban J connectivity index is 0.00000576. The zero-order valence-corrected chi connectivity index (χ0v) is 19.2. The second kappa shape index (κ2) is 13.7. The van der Waals surface area contributed by atoms with Gasteiger partial charge in [0, 0.05) is 24.9 Å². The van der Waals surface area contributed by atoms with E-state index >= 15 is 0 Å². The maximum absolute atomic E-state index is 10.7. The molecule has 0 aliphatic heterocycles. The fourth-order valence-electron chi connectivity index (χ4n) is 2.72. The van der Waals surface area contributed by atoms with Crippen molar-refractivity contribution in [2.24, 2.45) is 4.99 Å². The molecule has 0 aromatic carbocycles. The molecule has 0 bridgehead atoms. The summed E-state index contributed by atoms with van der Waals surface area (Å²) in [6.07, 6.45) is 5.41. The van der Waals surface area contributed by atoms with Crippen molar-refractivity contribution in [2.45, 2.75) is 71.8 Å². The SMILES string of the molecule is CCCC(O)(CCC)CN=C(NCC)NCCc1csc(CC)n1.I. The van der Waals surface area contributed by atoms with E-state index in [-0.39, 0.29) is 24.0 Å². The van der Waals surface area contributed by atoms with Crippen LogP contribution in [0.3, 0.4) is 0 Å². The van der Waals surface area contributed by atoms with Gasteiger partial charge in [-0.05, 0) is 26.2 Å². The summed E-state index contributed by atoms with van der Waals surface area (Å²) >= 11 is 1.73. The molecule has 25 heavy (non-hydrogen) atoms. The molecule has 0 saturated heterocycles. The molecule has 0 unspecified atom stereocenters. The molecule has 7 heteroatoms. The second-order valence-corrected chi connectivity index (χ2v) is 7.13. The van der Waals surface area contributed by atoms with Gasteiger partial charge in [-0.1, -0.05) is 33.6 Å². The molecule has 0 spiro atoms. The largest absolute Gasteiger partial charge is 0.388 e. The summed E-state index contributed by atoms with van der Waals surface area (Å²) in [5, 5.41) is 20.6. The number of rotatable bonds is 11. The average Bonchev–Trinajstić information content (AvgIpc) is 3.01. The second-order valence-electron chi connectivity index (χ2n) is 6.18. The highest BCUT2D eigenvalue weighted by atomic mass is 127. The number of guanidine groups is 1. The van der Waals surface area contributed by atoms with Crippen LogP contribution in [0, 0.1) is 0 Å². The number of aryl methyl sites for hydroxylation is 1. The van der Waals surface area contributed by atoms with Crippen LogP contribution in [0.5, 0.6) is 0 Å². The molecular weight excluding hydrogens is 447 g/mol. The molecule has 0 aliphatic carbocycles. The number of aliphatic hydroxyl groups is 1. The first-order valence-corrected chi connectivity index (χ1v) is 10.1. The third kappa shape index (κ3) is 9.75. The van der Waals surface area contributed by atoms with Gasteiger partial charge in [-0.3, -0.25) is 4.99 Å². The van der Waals surface area contributed by atoms with Gasteiger partial charge in [-0.25, -0.2) is 4.98 Å². The first-order valence-electron chi connectivity index (χ1n) is 9.24. The molecule has 0 aliphatic rings. The van der Waals surface area contributed by atoms with Crippen molar-refractivity contribution in [2.75, 3.05) is 19.6 Å². The Kier molecular flexibility index (Phi) is 13.5. The van der Waals surface area contributed by atoms with Crippen LogP contribution in [0.25, 0.3) is 0 Å². The van der Waals surface area contributed by atoms with Crippen molar-refractivity contribution >= 4 is 41.3 Å². The Morgan fingerprint density at radius 2 is 1.88 bits per heavy atom. The number of aliphatic imine (C=N–C) groups is 1. The molecule has 1 rings (SSSR count). The van der Waals surface area contributed by atoms with Gasteiger partial charge in [0.25, 0.3) is 0 Å². The zero-order chi connectivity index (χ0) is 17.8. The Morgan fingerprint density at radius 1 is 1.20 bits per heavy atom. The van der Waals surface area contributed by atoms with E-state index in [1.807, 2.05) is 0 Å². The van der Waals surface area contributed by atoms with E-state index in [0.717, 1.165) is 63.3 Å². The van der Waals surface area contributed by atoms with Gasteiger partial charge in [0.1, 0.15) is 0 Å². The molecule has 146 valence electrons. The van der Waals surface area contributed by atoms with E-state index in [2.05, 4.69) is 53.7 Å². The highest BCUT2D eigenvalue weighted by molar-refractivity contribution is 14.0. The number of hydrogen-bond donors (Lipinski definition) is 3. The van der Waals surface area contributed by atoms with Crippen molar-refractivity contribution in [3.63, 3.8) is 0 Å². The Morgan fingerprint density at radius 3 is 2.40 bits per heavy atom. The van der Waals surface area contributed by atoms with E-state index in [1.54, 1.807) is 11.3 Å². The minimum Gasteiger partial charge on any atom is -0.388 e. The first-order chi connectivity index (χ1) is 11.6. The molecule has 5 nitrogen and oxygen atoms in total. The molecule has 0 saturated carbocycles. The predicted octanol–water partition coefficient (Wildman–Crippen LogP) is 3.75. The Hall–Kier alpha value is -0.410. The van der Waals surface area contributed by atoms with Crippen LogP contribution in [0.1, 0.15) is 64.1 Å². The van der Waals surface area contributed by atoms with Crippen molar-refractivity contribution in [1.29, 1.82) is 0 Å². The summed E-state index contributed by atoms with van der Waals surface area (Å²) in [7, 11) is 0. The fourth-order valence-corrected chi connectivity index (χ4v) is 3.50. The number of thiazole rings is 1. The molecule has 0 atom stereocenters. The summed E-state index contributed by atoms with van der Waals surface area (Å²) < 4.78 is 0. The van der Waals surface area contributed by atoms with E-state index in [9.17, 15) is 5.11 Å². The monoisotopic (exact) mass is 482 g/mol. The molecular formula is C18H35IN4OS. The lowest BCUT2D eigenvalue weighted by Gasteiger charge is -2.26. The van der Waals surface area contributed by atoms with Gasteiger partial charge in [0.15, 0.2) is 5.96 Å². The van der Waals surface area contributed by atoms with Gasteiger partial charge in [0.05, 0.1) is 22.8 Å². The van der Waals surface area contributed by atoms with E-state index in [4.69, 9.17) is 0 Å². The lowest BCUT2D eigenvalue weighted by Crippen LogP contribution is -2.40. The van der Waals surface area contributed by atoms with Gasteiger partial charge >= 0.3 is 0 Å². The highest BCUT2D eigenvalue weighted by Gasteiger charge is 2.24. The molecule has 0 fully saturated rings. The Labute approximate surface area is 174 Å². The van der Waals surface area contributed by atoms with Crippen molar-refractivity contribution in [3.8, 4) is 0 Å². The normalized spacial score (nSPS) is 12.0. The first kappa shape index (κ1) is 24.6. The van der Waals surface area contributed by atoms with Gasteiger partial charge in [0.2, 0.25) is 0 Å². The average molecular weight is 482 g/mol. The lowest BCUT2D eigenvalue weighted by molar-refractivity contribution is 0.0306. The molecule has 1 aromatic rings. The minimum absolute atomic E-state index is 0. The summed E-state index contributed by atoms with van der Waals surface area (Å²) in [6.45, 7) is 10.4. The smallest absolute Gasteiger partial charge is 0.191 e. The molecule has 0 amide bonds. The van der Waals surface area contributed by atoms with E-state index in [0.29, 0.717) is 6.54 Å². The molecule has 0 radical (unpaired) electrons. The highest BCUT2D eigenvalue weighted by Crippen LogP contribution is 2.19. The van der Waals surface area contributed by atoms with Crippen LogP contribution in [0.4, 0.5) is 0 Å². The minimum atomic E-state index is -0.684. The number of nitrogens with zero attached hydrogens (tertiary/aromatic N) is 2. The van der Waals surface area contributed by atoms with Crippen molar-refractivity contribution < 1.29 is 5.11 Å². The predicted molar refractivity (Wildman–Crippen MR) is 119 cm³/mol. The molecule has 3 N–H and O–H groups in total. The van der Waals surface area contributed by atoms with Gasteiger partial charge < -0.3 is 15.7 Å². The van der Waals surface area contributed by atoms with Crippen LogP contribution in [0.15, 0.2) is 10.4 Å². The van der Waals surface area contributed by atoms with Crippen molar-refractivity contribution in [3.05, 3.63) is 16.1 Å². The zero-order valence-electron chi connectivity index (χ0n) is 16.1. The van der Waals surface area contributed by atoms with Crippen LogP contribution >= 0.6 is 35.3 Å². The number of nitrogens with one attached hydrogen (secondary N) is 2. The Bertz CT molecular complexity index is 487. The molecule has 1 heterocycles. The van der Waals surface area contributed by atoms with Gasteiger partial charge in [-0.2, -0.15) is 0 Å². The quantitative estimate of drug-likeness (QED) is 0.255. The maximum Gasteiger partial charge on any atom is 0.191 e. The topological polar surface area (TPSA) is 69.5 Å². The number of aromatic nitrogens is 1. The summed E-state index contributed by atoms with van der Waals surface area (Å²) in [4.78, 5) is 9.19. The molecule has 1 aromatic heterocycles. The van der Waals surface area contributed by atoms with E-state index in [1.165, 1.54) is 5.01 Å². The maximum atomic E-state index is 10.7. The number of halogens is 1. The van der Waals surface area contributed by atoms with Crippen LogP contribution in [-0.2, 0) is 12.8 Å². The third-order valence-corrected chi connectivity index (χ3v) is 4.92. The van der Waals surface area contributed by atoms with Crippen molar-refractivity contribution in [1.82, 2.24) is 15.6 Å². The van der Waals surface area contributed by atoms with E-state index < -0.39 is 5.60 Å². The summed E-state index contributed by atoms with van der Waals surface area (Å²) in [5.41, 5.74) is 0.449. The van der Waals surface area contributed by atoms with Gasteiger partial charge in [-0.15, -0.1) is 35.3 Å². The van der Waals surface area contributed by atoms with Crippen LogP contribution < -0.4 is 10.6 Å². The summed E-state index contributed by atoms with van der Waals surface area (Å²) in [5.74, 6) is 0.772. The fraction of sp³-hybridized carbons (Fsp3) is 0.778. The standard InChI is InChI=1S/C18H34N4OS.HI/c1-5-10-18(23,11-6-2)14-21-17(19-8-4)20-12-9-15-13-24-16(7-3)22-15;/h13,23H,5-12,14H2,1-4H3,(H2,19,20,21);1H.